The van der Waals surface area contributed by atoms with Crippen molar-refractivity contribution in [3.05, 3.63) is 16.1 Å². The van der Waals surface area contributed by atoms with E-state index in [1.807, 2.05) is 9.80 Å². The molecule has 1 unspecified atom stereocenters. The van der Waals surface area contributed by atoms with Crippen LogP contribution in [0.3, 0.4) is 0 Å². The van der Waals surface area contributed by atoms with Crippen LogP contribution in [0.1, 0.15) is 0 Å². The predicted molar refractivity (Wildman–Crippen MR) is 74.8 cm³/mol. The molecule has 3 heterocycles. The monoisotopic (exact) mass is 301 g/mol. The third kappa shape index (κ3) is 2.15. The second kappa shape index (κ2) is 4.61. The van der Waals surface area contributed by atoms with E-state index in [0.29, 0.717) is 42.0 Å². The molecule has 1 aromatic heterocycles. The number of nitrogens with one attached hydrogen (secondary N) is 1. The average Bonchev–Trinajstić information content (AvgIpc) is 2.75. The lowest BCUT2D eigenvalue weighted by Crippen LogP contribution is -2.52. The number of nitrogens with two attached hydrogens (primary N) is 1. The summed E-state index contributed by atoms with van der Waals surface area (Å²) in [6.07, 6.45) is 0. The van der Waals surface area contributed by atoms with Crippen LogP contribution in [0.5, 0.6) is 0 Å². The Balaban J connectivity index is 1.84. The van der Waals surface area contributed by atoms with Crippen LogP contribution in [-0.2, 0) is 0 Å². The minimum absolute atomic E-state index is 0.000624. The van der Waals surface area contributed by atoms with Gasteiger partial charge in [-0.2, -0.15) is 0 Å². The number of hydrogen-bond donors (Lipinski definition) is 2. The van der Waals surface area contributed by atoms with Crippen LogP contribution in [0.4, 0.5) is 16.4 Å². The van der Waals surface area contributed by atoms with Gasteiger partial charge in [0.05, 0.1) is 16.1 Å². The van der Waals surface area contributed by atoms with E-state index in [4.69, 9.17) is 28.9 Å². The van der Waals surface area contributed by atoms with Gasteiger partial charge in [0.15, 0.2) is 0 Å². The average molecular weight is 302 g/mol. The van der Waals surface area contributed by atoms with Gasteiger partial charge in [-0.25, -0.2) is 9.78 Å². The molecule has 0 spiro atoms. The number of carbonyl (C=O) groups is 1. The zero-order valence-electron chi connectivity index (χ0n) is 10.1. The molecule has 0 bridgehead atoms. The van der Waals surface area contributed by atoms with Gasteiger partial charge in [0.25, 0.3) is 0 Å². The number of nitrogen functional groups attached to an aromatic ring is 1. The molecule has 1 aromatic rings. The molecule has 0 aromatic carbocycles. The molecule has 2 fully saturated rings. The van der Waals surface area contributed by atoms with E-state index in [1.54, 1.807) is 6.07 Å². The van der Waals surface area contributed by atoms with Gasteiger partial charge < -0.3 is 20.9 Å². The first-order valence-electron chi connectivity index (χ1n) is 5.97. The maximum absolute atomic E-state index is 11.5. The molecule has 2 aliphatic rings. The summed E-state index contributed by atoms with van der Waals surface area (Å²) in [4.78, 5) is 19.7. The number of pyridine rings is 1. The molecular weight excluding hydrogens is 289 g/mol. The molecule has 102 valence electrons. The van der Waals surface area contributed by atoms with Crippen LogP contribution < -0.4 is 16.0 Å². The van der Waals surface area contributed by atoms with Crippen LogP contribution >= 0.6 is 23.2 Å². The van der Waals surface area contributed by atoms with E-state index in [1.165, 1.54) is 0 Å². The number of aromatic nitrogens is 1. The van der Waals surface area contributed by atoms with Crippen molar-refractivity contribution in [1.82, 2.24) is 15.2 Å². The minimum Gasteiger partial charge on any atom is -0.382 e. The molecule has 0 radical (unpaired) electrons. The van der Waals surface area contributed by atoms with Crippen molar-refractivity contribution >= 4 is 40.9 Å². The molecule has 2 saturated heterocycles. The number of nitrogens with zero attached hydrogens (tertiary/aromatic N) is 3. The van der Waals surface area contributed by atoms with E-state index >= 15 is 0 Å². The first-order chi connectivity index (χ1) is 9.06. The second-order valence-electron chi connectivity index (χ2n) is 4.64. The Morgan fingerprint density at radius 1 is 1.37 bits per heavy atom. The van der Waals surface area contributed by atoms with Gasteiger partial charge in [0, 0.05) is 26.2 Å². The summed E-state index contributed by atoms with van der Waals surface area (Å²) >= 11 is 12.0. The lowest BCUT2D eigenvalue weighted by molar-refractivity contribution is 0.197. The summed E-state index contributed by atoms with van der Waals surface area (Å²) < 4.78 is 0. The molecule has 3 rings (SSSR count). The highest BCUT2D eigenvalue weighted by Gasteiger charge is 2.36. The molecule has 2 amide bonds. The van der Waals surface area contributed by atoms with E-state index in [9.17, 15) is 4.79 Å². The lowest BCUT2D eigenvalue weighted by Gasteiger charge is -2.37. The van der Waals surface area contributed by atoms with Crippen LogP contribution in [-0.4, -0.2) is 48.1 Å². The normalized spacial score (nSPS) is 22.4. The summed E-state index contributed by atoms with van der Waals surface area (Å²) in [6, 6.07) is 1.75. The van der Waals surface area contributed by atoms with Gasteiger partial charge in [-0.15, -0.1) is 0 Å². The Labute approximate surface area is 120 Å². The number of rotatable bonds is 1. The van der Waals surface area contributed by atoms with Crippen molar-refractivity contribution in [3.63, 3.8) is 0 Å². The summed E-state index contributed by atoms with van der Waals surface area (Å²) in [6.45, 7) is 2.66. The second-order valence-corrected chi connectivity index (χ2v) is 5.45. The molecule has 3 N–H and O–H groups in total. The number of carbonyl (C=O) groups excluding carboxylic acids is 1. The molecule has 2 aliphatic heterocycles. The molecular formula is C11H13Cl2N5O. The van der Waals surface area contributed by atoms with Gasteiger partial charge in [0.2, 0.25) is 0 Å². The maximum atomic E-state index is 11.5. The van der Waals surface area contributed by atoms with Crippen LogP contribution in [0.2, 0.25) is 10.0 Å². The lowest BCUT2D eigenvalue weighted by atomic mass is 10.2. The van der Waals surface area contributed by atoms with E-state index in [2.05, 4.69) is 10.3 Å². The summed E-state index contributed by atoms with van der Waals surface area (Å²) in [5.74, 6) is 0.895. The zero-order chi connectivity index (χ0) is 13.6. The fraction of sp³-hybridized carbons (Fsp3) is 0.455. The number of halogens is 2. The summed E-state index contributed by atoms with van der Waals surface area (Å²) in [5, 5.41) is 3.66. The Hall–Kier alpha value is -1.40. The maximum Gasteiger partial charge on any atom is 0.317 e. The molecule has 0 saturated carbocycles. The highest BCUT2D eigenvalue weighted by atomic mass is 35.5. The van der Waals surface area contributed by atoms with Crippen molar-refractivity contribution < 1.29 is 4.79 Å². The van der Waals surface area contributed by atoms with E-state index in [-0.39, 0.29) is 17.9 Å². The number of hydrogen-bond acceptors (Lipinski definition) is 4. The Kier molecular flexibility index (Phi) is 3.06. The van der Waals surface area contributed by atoms with Crippen LogP contribution in [0.15, 0.2) is 6.07 Å². The highest BCUT2D eigenvalue weighted by Crippen LogP contribution is 2.31. The van der Waals surface area contributed by atoms with Crippen molar-refractivity contribution in [2.75, 3.05) is 36.8 Å². The van der Waals surface area contributed by atoms with Crippen molar-refractivity contribution in [2.45, 2.75) is 6.04 Å². The van der Waals surface area contributed by atoms with Gasteiger partial charge in [-0.1, -0.05) is 23.2 Å². The number of urea groups is 1. The molecule has 19 heavy (non-hydrogen) atoms. The van der Waals surface area contributed by atoms with Crippen LogP contribution in [0.25, 0.3) is 0 Å². The number of fused-ring (bicyclic) bond motifs is 1. The fourth-order valence-corrected chi connectivity index (χ4v) is 2.97. The third-order valence-electron chi connectivity index (χ3n) is 3.47. The molecule has 8 heteroatoms. The first-order valence-corrected chi connectivity index (χ1v) is 6.73. The highest BCUT2D eigenvalue weighted by molar-refractivity contribution is 6.37. The van der Waals surface area contributed by atoms with Gasteiger partial charge in [-0.3, -0.25) is 0 Å². The van der Waals surface area contributed by atoms with Crippen molar-refractivity contribution in [3.8, 4) is 0 Å². The van der Waals surface area contributed by atoms with Crippen molar-refractivity contribution in [2.24, 2.45) is 0 Å². The fourth-order valence-electron chi connectivity index (χ4n) is 2.49. The molecule has 6 nitrogen and oxygen atoms in total. The smallest absolute Gasteiger partial charge is 0.317 e. The van der Waals surface area contributed by atoms with E-state index < -0.39 is 0 Å². The van der Waals surface area contributed by atoms with E-state index in [0.717, 1.165) is 0 Å². The standard InChI is InChI=1S/C11H13Cl2N5O/c12-7-3-8(13)10(16-9(7)14)17-1-2-18-6(5-17)4-15-11(18)19/h3,6H,1-2,4-5H2,(H2,14,16)(H,15,19). The first kappa shape index (κ1) is 12.6. The van der Waals surface area contributed by atoms with Gasteiger partial charge in [0.1, 0.15) is 11.6 Å². The number of piperazine rings is 1. The van der Waals surface area contributed by atoms with Crippen molar-refractivity contribution in [1.29, 1.82) is 0 Å². The third-order valence-corrected chi connectivity index (χ3v) is 4.05. The Morgan fingerprint density at radius 3 is 2.95 bits per heavy atom. The largest absolute Gasteiger partial charge is 0.382 e. The van der Waals surface area contributed by atoms with Crippen LogP contribution in [0, 0.1) is 0 Å². The Morgan fingerprint density at radius 2 is 2.16 bits per heavy atom. The topological polar surface area (TPSA) is 74.5 Å². The summed E-state index contributed by atoms with van der Waals surface area (Å²) in [7, 11) is 0. The predicted octanol–water partition coefficient (Wildman–Crippen LogP) is 1.18. The number of anilines is 2. The summed E-state index contributed by atoms with van der Waals surface area (Å²) in [5.41, 5.74) is 5.72. The zero-order valence-corrected chi connectivity index (χ0v) is 11.6. The quantitative estimate of drug-likeness (QED) is 0.817. The minimum atomic E-state index is -0.000624. The molecule has 1 atom stereocenters. The Bertz CT molecular complexity index is 538. The molecule has 0 aliphatic carbocycles. The SMILES string of the molecule is Nc1nc(N2CCN3C(=O)NCC3C2)c(Cl)cc1Cl. The van der Waals surface area contributed by atoms with Gasteiger partial charge >= 0.3 is 6.03 Å². The number of amides is 2. The van der Waals surface area contributed by atoms with Gasteiger partial charge in [-0.05, 0) is 6.07 Å².